The predicted molar refractivity (Wildman–Crippen MR) is 142 cm³/mol. The Hall–Kier alpha value is -4.31. The van der Waals surface area contributed by atoms with E-state index in [-0.39, 0.29) is 23.2 Å². The molecule has 0 radical (unpaired) electrons. The van der Waals surface area contributed by atoms with Gasteiger partial charge in [-0.3, -0.25) is 9.78 Å². The maximum atomic E-state index is 13.5. The van der Waals surface area contributed by atoms with Crippen LogP contribution in [0.1, 0.15) is 63.4 Å². The standard InChI is InChI=1S/C28H30FN7O2/c1-28(2,3)38-34-24(22-12-8-18(29)16-32-22)17-6-10-20(11-7-17)35(4)26-21(15-31)27(37)36(5)23-13-9-19(14-30)33-25(23)26/h8-9,12-13,16-17,20H,6-7,10-11H2,1-5H3/b34-24+. The molecule has 1 aliphatic rings. The quantitative estimate of drug-likeness (QED) is 0.364. The monoisotopic (exact) mass is 515 g/mol. The van der Waals surface area contributed by atoms with Crippen molar-refractivity contribution in [1.82, 2.24) is 14.5 Å². The molecule has 0 atom stereocenters. The fourth-order valence-corrected chi connectivity index (χ4v) is 4.86. The van der Waals surface area contributed by atoms with E-state index in [1.807, 2.05) is 38.8 Å². The second-order valence-corrected chi connectivity index (χ2v) is 10.5. The Bertz CT molecular complexity index is 1520. The molecule has 196 valence electrons. The first kappa shape index (κ1) is 26.7. The van der Waals surface area contributed by atoms with Crippen LogP contribution in [0, 0.1) is 34.4 Å². The summed E-state index contributed by atoms with van der Waals surface area (Å²) in [5.41, 5.74) is 2.01. The van der Waals surface area contributed by atoms with Gasteiger partial charge in [-0.25, -0.2) is 9.37 Å². The number of fused-ring (bicyclic) bond motifs is 1. The van der Waals surface area contributed by atoms with E-state index < -0.39 is 17.0 Å². The molecule has 4 rings (SSSR count). The number of hydrogen-bond donors (Lipinski definition) is 0. The molecule has 0 unspecified atom stereocenters. The van der Waals surface area contributed by atoms with Crippen molar-refractivity contribution in [2.24, 2.45) is 18.1 Å². The number of nitriles is 2. The average molecular weight is 516 g/mol. The Labute approximate surface area is 220 Å². The number of hydrogen-bond acceptors (Lipinski definition) is 8. The van der Waals surface area contributed by atoms with Crippen LogP contribution in [0.2, 0.25) is 0 Å². The van der Waals surface area contributed by atoms with Crippen molar-refractivity contribution in [2.45, 2.75) is 58.1 Å². The van der Waals surface area contributed by atoms with Crippen molar-refractivity contribution in [1.29, 1.82) is 10.5 Å². The fraction of sp³-hybridized carbons (Fsp3) is 0.429. The summed E-state index contributed by atoms with van der Waals surface area (Å²) in [5, 5.41) is 23.7. The van der Waals surface area contributed by atoms with Crippen LogP contribution in [0.5, 0.6) is 0 Å². The van der Waals surface area contributed by atoms with Crippen LogP contribution in [0.15, 0.2) is 40.4 Å². The van der Waals surface area contributed by atoms with Gasteiger partial charge >= 0.3 is 0 Å². The molecule has 0 spiro atoms. The van der Waals surface area contributed by atoms with Gasteiger partial charge in [0, 0.05) is 26.1 Å². The third kappa shape index (κ3) is 5.35. The topological polar surface area (TPSA) is 120 Å². The molecule has 0 amide bonds. The third-order valence-corrected chi connectivity index (χ3v) is 6.83. The average Bonchev–Trinajstić information content (AvgIpc) is 2.90. The molecule has 1 fully saturated rings. The largest absolute Gasteiger partial charge is 0.390 e. The van der Waals surface area contributed by atoms with Crippen LogP contribution < -0.4 is 10.5 Å². The summed E-state index contributed by atoms with van der Waals surface area (Å²) < 4.78 is 14.9. The first-order valence-corrected chi connectivity index (χ1v) is 12.5. The molecule has 3 aromatic heterocycles. The normalized spacial score (nSPS) is 18.1. The lowest BCUT2D eigenvalue weighted by Gasteiger charge is -2.37. The first-order valence-electron chi connectivity index (χ1n) is 12.5. The second-order valence-electron chi connectivity index (χ2n) is 10.5. The first-order chi connectivity index (χ1) is 18.0. The minimum absolute atomic E-state index is 0.00329. The Balaban J connectivity index is 1.66. The second kappa shape index (κ2) is 10.6. The molecule has 0 aromatic carbocycles. The lowest BCUT2D eigenvalue weighted by Crippen LogP contribution is -2.39. The Morgan fingerprint density at radius 1 is 1.16 bits per heavy atom. The zero-order valence-electron chi connectivity index (χ0n) is 22.2. The fourth-order valence-electron chi connectivity index (χ4n) is 4.86. The van der Waals surface area contributed by atoms with E-state index in [0.717, 1.165) is 25.7 Å². The molecule has 38 heavy (non-hydrogen) atoms. The van der Waals surface area contributed by atoms with Crippen molar-refractivity contribution in [2.75, 3.05) is 11.9 Å². The third-order valence-electron chi connectivity index (χ3n) is 6.83. The highest BCUT2D eigenvalue weighted by Crippen LogP contribution is 2.35. The van der Waals surface area contributed by atoms with Gasteiger partial charge in [-0.2, -0.15) is 10.5 Å². The molecule has 0 bridgehead atoms. The highest BCUT2D eigenvalue weighted by Gasteiger charge is 2.32. The molecule has 9 nitrogen and oxygen atoms in total. The molecule has 1 aliphatic carbocycles. The Morgan fingerprint density at radius 3 is 2.45 bits per heavy atom. The molecular weight excluding hydrogens is 485 g/mol. The van der Waals surface area contributed by atoms with E-state index in [9.17, 15) is 19.7 Å². The molecular formula is C28H30FN7O2. The van der Waals surface area contributed by atoms with Crippen molar-refractivity contribution in [3.05, 3.63) is 63.6 Å². The highest BCUT2D eigenvalue weighted by molar-refractivity contribution is 6.00. The molecule has 3 aromatic rings. The van der Waals surface area contributed by atoms with Crippen LogP contribution >= 0.6 is 0 Å². The number of aryl methyl sites for hydroxylation is 1. The maximum Gasteiger partial charge on any atom is 0.270 e. The number of aromatic nitrogens is 3. The molecule has 0 N–H and O–H groups in total. The van der Waals surface area contributed by atoms with Gasteiger partial charge in [0.25, 0.3) is 5.56 Å². The Kier molecular flexibility index (Phi) is 7.45. The smallest absolute Gasteiger partial charge is 0.270 e. The number of halogens is 1. The minimum Gasteiger partial charge on any atom is -0.390 e. The van der Waals surface area contributed by atoms with Crippen LogP contribution in [0.4, 0.5) is 10.1 Å². The van der Waals surface area contributed by atoms with Crippen LogP contribution in [-0.4, -0.2) is 38.9 Å². The maximum absolute atomic E-state index is 13.5. The number of pyridine rings is 3. The lowest BCUT2D eigenvalue weighted by atomic mass is 9.81. The molecule has 0 saturated heterocycles. The summed E-state index contributed by atoms with van der Waals surface area (Å²) in [4.78, 5) is 29.4. The molecule has 3 heterocycles. The van der Waals surface area contributed by atoms with Gasteiger partial charge in [0.1, 0.15) is 46.0 Å². The Morgan fingerprint density at radius 2 is 1.87 bits per heavy atom. The van der Waals surface area contributed by atoms with Crippen molar-refractivity contribution >= 4 is 22.4 Å². The number of oxime groups is 1. The van der Waals surface area contributed by atoms with E-state index in [1.54, 1.807) is 25.2 Å². The van der Waals surface area contributed by atoms with E-state index >= 15 is 0 Å². The molecule has 0 aliphatic heterocycles. The van der Waals surface area contributed by atoms with Gasteiger partial charge in [0.05, 0.1) is 23.1 Å². The summed E-state index contributed by atoms with van der Waals surface area (Å²) in [6.45, 7) is 5.72. The van der Waals surface area contributed by atoms with Gasteiger partial charge in [0.2, 0.25) is 0 Å². The van der Waals surface area contributed by atoms with Gasteiger partial charge in [0.15, 0.2) is 0 Å². The minimum atomic E-state index is -0.494. The van der Waals surface area contributed by atoms with E-state index in [1.165, 1.54) is 16.8 Å². The van der Waals surface area contributed by atoms with Gasteiger partial charge in [-0.1, -0.05) is 5.16 Å². The van der Waals surface area contributed by atoms with Crippen LogP contribution in [0.3, 0.4) is 0 Å². The molecule has 10 heteroatoms. The summed E-state index contributed by atoms with van der Waals surface area (Å²) >= 11 is 0. The molecule has 1 saturated carbocycles. The predicted octanol–water partition coefficient (Wildman–Crippen LogP) is 4.43. The van der Waals surface area contributed by atoms with Crippen LogP contribution in [-0.2, 0) is 11.9 Å². The van der Waals surface area contributed by atoms with Gasteiger partial charge in [-0.05, 0) is 70.7 Å². The van der Waals surface area contributed by atoms with Crippen molar-refractivity contribution in [3.8, 4) is 12.1 Å². The highest BCUT2D eigenvalue weighted by atomic mass is 19.1. The zero-order chi connectivity index (χ0) is 27.6. The summed E-state index contributed by atoms with van der Waals surface area (Å²) in [5.74, 6) is -0.378. The zero-order valence-corrected chi connectivity index (χ0v) is 22.2. The van der Waals surface area contributed by atoms with E-state index in [2.05, 4.69) is 21.2 Å². The van der Waals surface area contributed by atoms with Crippen molar-refractivity contribution in [3.63, 3.8) is 0 Å². The van der Waals surface area contributed by atoms with E-state index in [0.29, 0.717) is 28.1 Å². The summed E-state index contributed by atoms with van der Waals surface area (Å²) in [6.07, 6.45) is 4.17. The number of nitrogens with zero attached hydrogens (tertiary/aromatic N) is 7. The van der Waals surface area contributed by atoms with Crippen molar-refractivity contribution < 1.29 is 9.23 Å². The van der Waals surface area contributed by atoms with E-state index in [4.69, 9.17) is 4.84 Å². The number of rotatable bonds is 5. The van der Waals surface area contributed by atoms with Crippen LogP contribution in [0.25, 0.3) is 11.0 Å². The summed E-state index contributed by atoms with van der Waals surface area (Å²) in [6, 6.07) is 10.4. The summed E-state index contributed by atoms with van der Waals surface area (Å²) in [7, 11) is 3.46. The number of anilines is 1. The van der Waals surface area contributed by atoms with Gasteiger partial charge < -0.3 is 14.3 Å². The van der Waals surface area contributed by atoms with Gasteiger partial charge in [-0.15, -0.1) is 0 Å². The SMILES string of the molecule is CN(c1c(C#N)c(=O)n(C)c2ccc(C#N)nc12)C1CCC(/C(=N\OC(C)(C)C)c2ccc(F)cn2)CC1. The lowest BCUT2D eigenvalue weighted by molar-refractivity contribution is -0.0000736.